The van der Waals surface area contributed by atoms with Crippen LogP contribution in [0.25, 0.3) is 11.1 Å². The average Bonchev–Trinajstić information content (AvgIpc) is 2.84. The van der Waals surface area contributed by atoms with Gasteiger partial charge in [0, 0.05) is 15.1 Å². The molecule has 0 aromatic heterocycles. The van der Waals surface area contributed by atoms with Crippen LogP contribution in [0.4, 0.5) is 0 Å². The lowest BCUT2D eigenvalue weighted by atomic mass is 10.1. The van der Waals surface area contributed by atoms with E-state index in [2.05, 4.69) is 91.3 Å². The van der Waals surface area contributed by atoms with Gasteiger partial charge >= 0.3 is 0 Å². The van der Waals surface area contributed by atoms with Crippen LogP contribution in [-0.2, 0) is 0 Å². The average molecular weight is 393 g/mol. The van der Waals surface area contributed by atoms with Crippen LogP contribution in [-0.4, -0.2) is 5.29 Å². The molecule has 118 valence electrons. The Kier molecular flexibility index (Phi) is 3.95. The second-order valence-electron chi connectivity index (χ2n) is 6.44. The minimum absolute atomic E-state index is 1.14. The van der Waals surface area contributed by atoms with Crippen LogP contribution < -0.4 is 5.30 Å². The zero-order valence-electron chi connectivity index (χ0n) is 14.0. The molecular weight excluding hydrogens is 375 g/mol. The molecule has 3 aromatic carbocycles. The summed E-state index contributed by atoms with van der Waals surface area (Å²) in [4.78, 5) is 0. The van der Waals surface area contributed by atoms with Gasteiger partial charge in [-0.2, -0.15) is 0 Å². The molecule has 0 saturated heterocycles. The number of halogens is 1. The van der Waals surface area contributed by atoms with E-state index in [0.29, 0.717) is 0 Å². The third kappa shape index (κ3) is 2.57. The standard InChI is InChI=1S/C22H18BrP/c1-13-10-14(2)21(15(3)11-13)24-22-18-7-5-4-6-17(18)20-12-16(23)8-9-19(20)22/h4-12H,1-3H3. The van der Waals surface area contributed by atoms with Crippen LogP contribution in [0.15, 0.2) is 59.1 Å². The number of fused-ring (bicyclic) bond motifs is 3. The van der Waals surface area contributed by atoms with Crippen LogP contribution in [0.3, 0.4) is 0 Å². The summed E-state index contributed by atoms with van der Waals surface area (Å²) in [6.45, 7) is 6.63. The maximum atomic E-state index is 3.62. The highest BCUT2D eigenvalue weighted by molar-refractivity contribution is 9.10. The smallest absolute Gasteiger partial charge is 0.0181 e. The molecule has 4 rings (SSSR count). The first-order chi connectivity index (χ1) is 11.5. The fourth-order valence-electron chi connectivity index (χ4n) is 3.60. The van der Waals surface area contributed by atoms with E-state index in [1.165, 1.54) is 57.7 Å². The minimum Gasteiger partial charge on any atom is -0.0616 e. The van der Waals surface area contributed by atoms with Crippen molar-refractivity contribution in [1.82, 2.24) is 0 Å². The first-order valence-electron chi connectivity index (χ1n) is 8.11. The van der Waals surface area contributed by atoms with Crippen molar-refractivity contribution < 1.29 is 0 Å². The fourth-order valence-corrected chi connectivity index (χ4v) is 5.29. The zero-order chi connectivity index (χ0) is 16.8. The van der Waals surface area contributed by atoms with E-state index in [1.54, 1.807) is 0 Å². The first kappa shape index (κ1) is 15.8. The van der Waals surface area contributed by atoms with Gasteiger partial charge in [0.25, 0.3) is 0 Å². The van der Waals surface area contributed by atoms with E-state index >= 15 is 0 Å². The summed E-state index contributed by atoms with van der Waals surface area (Å²) in [6.07, 6.45) is 0. The van der Waals surface area contributed by atoms with Crippen LogP contribution >= 0.6 is 24.1 Å². The Morgan fingerprint density at radius 2 is 1.33 bits per heavy atom. The molecule has 0 amide bonds. The molecule has 0 saturated carbocycles. The quantitative estimate of drug-likeness (QED) is 0.338. The van der Waals surface area contributed by atoms with Crippen LogP contribution in [0.2, 0.25) is 0 Å². The number of benzene rings is 3. The molecule has 3 aromatic rings. The highest BCUT2D eigenvalue weighted by Gasteiger charge is 2.24. The predicted octanol–water partition coefficient (Wildman–Crippen LogP) is 6.20. The molecule has 0 heterocycles. The molecule has 24 heavy (non-hydrogen) atoms. The molecule has 0 radical (unpaired) electrons. The highest BCUT2D eigenvalue weighted by Crippen LogP contribution is 2.40. The Morgan fingerprint density at radius 3 is 2.04 bits per heavy atom. The van der Waals surface area contributed by atoms with Crippen molar-refractivity contribution in [3.05, 3.63) is 86.9 Å². The van der Waals surface area contributed by atoms with Gasteiger partial charge in [-0.25, -0.2) is 0 Å². The minimum atomic E-state index is 1.14. The summed E-state index contributed by atoms with van der Waals surface area (Å²) in [5, 5.41) is 2.85. The maximum absolute atomic E-state index is 3.62. The van der Waals surface area contributed by atoms with Gasteiger partial charge in [-0.1, -0.05) is 72.2 Å². The van der Waals surface area contributed by atoms with Gasteiger partial charge in [-0.3, -0.25) is 0 Å². The van der Waals surface area contributed by atoms with Gasteiger partial charge in [0.1, 0.15) is 0 Å². The number of rotatable bonds is 1. The lowest BCUT2D eigenvalue weighted by Gasteiger charge is -2.09. The summed E-state index contributed by atoms with van der Waals surface area (Å²) in [6, 6.07) is 20.0. The Morgan fingerprint density at radius 1 is 0.708 bits per heavy atom. The highest BCUT2D eigenvalue weighted by atomic mass is 79.9. The normalized spacial score (nSPS) is 13.9. The van der Waals surface area contributed by atoms with Crippen molar-refractivity contribution in [3.63, 3.8) is 0 Å². The van der Waals surface area contributed by atoms with Gasteiger partial charge in [0.2, 0.25) is 0 Å². The Balaban J connectivity index is 2.00. The Bertz CT molecular complexity index is 976. The van der Waals surface area contributed by atoms with Crippen molar-refractivity contribution in [3.8, 4) is 11.1 Å². The molecule has 0 unspecified atom stereocenters. The van der Waals surface area contributed by atoms with Crippen molar-refractivity contribution in [2.24, 2.45) is 0 Å². The Labute approximate surface area is 153 Å². The van der Waals surface area contributed by atoms with E-state index in [4.69, 9.17) is 0 Å². The molecule has 0 fully saturated rings. The third-order valence-electron chi connectivity index (χ3n) is 4.57. The van der Waals surface area contributed by atoms with E-state index in [9.17, 15) is 0 Å². The fraction of sp³-hybridized carbons (Fsp3) is 0.136. The molecule has 0 nitrogen and oxygen atoms in total. The maximum Gasteiger partial charge on any atom is 0.0181 e. The zero-order valence-corrected chi connectivity index (χ0v) is 16.5. The summed E-state index contributed by atoms with van der Waals surface area (Å²) >= 11 is 3.62. The molecule has 0 N–H and O–H groups in total. The van der Waals surface area contributed by atoms with Gasteiger partial charge in [-0.15, -0.1) is 0 Å². The van der Waals surface area contributed by atoms with Crippen LogP contribution in [0.5, 0.6) is 0 Å². The molecule has 1 aliphatic rings. The monoisotopic (exact) mass is 392 g/mol. The lowest BCUT2D eigenvalue weighted by Crippen LogP contribution is -2.07. The van der Waals surface area contributed by atoms with E-state index in [-0.39, 0.29) is 0 Å². The van der Waals surface area contributed by atoms with Crippen molar-refractivity contribution >= 4 is 34.7 Å². The van der Waals surface area contributed by atoms with E-state index in [1.807, 2.05) is 0 Å². The molecule has 1 aliphatic carbocycles. The first-order valence-corrected chi connectivity index (χ1v) is 9.79. The molecular formula is C22H18BrP. The van der Waals surface area contributed by atoms with E-state index < -0.39 is 0 Å². The van der Waals surface area contributed by atoms with Crippen LogP contribution in [0, 0.1) is 20.8 Å². The van der Waals surface area contributed by atoms with Crippen molar-refractivity contribution in [2.45, 2.75) is 20.8 Å². The third-order valence-corrected chi connectivity index (χ3v) is 6.70. The number of aryl methyl sites for hydroxylation is 3. The van der Waals surface area contributed by atoms with E-state index in [0.717, 1.165) is 4.47 Å². The summed E-state index contributed by atoms with van der Waals surface area (Å²) in [5.41, 5.74) is 9.51. The summed E-state index contributed by atoms with van der Waals surface area (Å²) in [7, 11) is 1.30. The molecule has 0 atom stereocenters. The van der Waals surface area contributed by atoms with Crippen molar-refractivity contribution in [2.75, 3.05) is 0 Å². The Hall–Kier alpha value is -1.69. The summed E-state index contributed by atoms with van der Waals surface area (Å²) in [5.74, 6) is 0. The largest absolute Gasteiger partial charge is 0.0616 e. The second-order valence-corrected chi connectivity index (χ2v) is 8.48. The lowest BCUT2D eigenvalue weighted by molar-refractivity contribution is 1.36. The molecule has 0 spiro atoms. The molecule has 0 aliphatic heterocycles. The number of hydrogen-bond donors (Lipinski definition) is 0. The molecule has 2 heteroatoms. The van der Waals surface area contributed by atoms with Gasteiger partial charge in [-0.05, 0) is 66.3 Å². The van der Waals surface area contributed by atoms with Gasteiger partial charge in [0.05, 0.1) is 0 Å². The predicted molar refractivity (Wildman–Crippen MR) is 110 cm³/mol. The van der Waals surface area contributed by atoms with Crippen LogP contribution in [0.1, 0.15) is 27.8 Å². The topological polar surface area (TPSA) is 0 Å². The van der Waals surface area contributed by atoms with Gasteiger partial charge in [0.15, 0.2) is 0 Å². The molecule has 0 bridgehead atoms. The van der Waals surface area contributed by atoms with Crippen molar-refractivity contribution in [1.29, 1.82) is 0 Å². The van der Waals surface area contributed by atoms with Gasteiger partial charge < -0.3 is 0 Å². The number of hydrogen-bond acceptors (Lipinski definition) is 0. The summed E-state index contributed by atoms with van der Waals surface area (Å²) < 4.78 is 1.14. The second kappa shape index (κ2) is 5.99. The SMILES string of the molecule is Cc1cc(C)c(P=C2c3ccccc3-c3cc(Br)ccc32)c(C)c1.